The predicted molar refractivity (Wildman–Crippen MR) is 182 cm³/mol. The number of halogens is 2. The summed E-state index contributed by atoms with van der Waals surface area (Å²) in [5.74, 6) is -0.596. The molecular weight excluding hydrogens is 706 g/mol. The Morgan fingerprint density at radius 3 is 1.86 bits per heavy atom. The summed E-state index contributed by atoms with van der Waals surface area (Å²) in [7, 11) is -4.14. The van der Waals surface area contributed by atoms with Crippen molar-refractivity contribution < 1.29 is 18.0 Å². The molecule has 0 aliphatic rings. The van der Waals surface area contributed by atoms with Gasteiger partial charge in [-0.25, -0.2) is 8.42 Å². The third-order valence-electron chi connectivity index (χ3n) is 6.95. The summed E-state index contributed by atoms with van der Waals surface area (Å²) in [6.45, 7) is 4.05. The number of nitrogens with one attached hydrogen (secondary N) is 1. The van der Waals surface area contributed by atoms with Crippen LogP contribution in [0.2, 0.25) is 0 Å². The highest BCUT2D eigenvalue weighted by molar-refractivity contribution is 9.10. The van der Waals surface area contributed by atoms with Gasteiger partial charge in [0.25, 0.3) is 10.0 Å². The SMILES string of the molecule is CC(C)CNC(=O)C(Cc1ccccc1)N(Cc1ccc(Br)cc1)C(=O)CN(c1ccc(Br)cc1)S(=O)(=O)c1ccccc1. The van der Waals surface area contributed by atoms with Crippen LogP contribution < -0.4 is 9.62 Å². The Labute approximate surface area is 276 Å². The minimum atomic E-state index is -4.14. The van der Waals surface area contributed by atoms with Crippen molar-refractivity contribution in [2.75, 3.05) is 17.4 Å². The first-order valence-corrected chi connectivity index (χ1v) is 17.3. The van der Waals surface area contributed by atoms with Gasteiger partial charge in [-0.1, -0.05) is 106 Å². The third kappa shape index (κ3) is 9.03. The van der Waals surface area contributed by atoms with E-state index < -0.39 is 28.5 Å². The normalized spacial score (nSPS) is 12.0. The zero-order valence-electron chi connectivity index (χ0n) is 24.6. The number of hydrogen-bond donors (Lipinski definition) is 1. The van der Waals surface area contributed by atoms with Gasteiger partial charge in [0.2, 0.25) is 11.8 Å². The van der Waals surface area contributed by atoms with Crippen molar-refractivity contribution in [1.29, 1.82) is 0 Å². The molecule has 0 heterocycles. The molecule has 2 amide bonds. The van der Waals surface area contributed by atoms with Crippen LogP contribution in [0.4, 0.5) is 5.69 Å². The molecule has 1 unspecified atom stereocenters. The second-order valence-electron chi connectivity index (χ2n) is 10.8. The Kier molecular flexibility index (Phi) is 11.8. The molecule has 0 fully saturated rings. The molecule has 4 rings (SSSR count). The number of sulfonamides is 1. The van der Waals surface area contributed by atoms with E-state index in [0.29, 0.717) is 12.2 Å². The van der Waals surface area contributed by atoms with Crippen LogP contribution in [0.1, 0.15) is 25.0 Å². The lowest BCUT2D eigenvalue weighted by Gasteiger charge is -2.34. The minimum Gasteiger partial charge on any atom is -0.354 e. The summed E-state index contributed by atoms with van der Waals surface area (Å²) in [5, 5.41) is 3.00. The standard InChI is InChI=1S/C34H35Br2N3O4S/c1-25(2)22-37-34(41)32(21-26-9-5-3-6-10-26)38(23-27-13-15-28(35)16-14-27)33(40)24-39(30-19-17-29(36)18-20-30)44(42,43)31-11-7-4-8-12-31/h3-20,25,32H,21-24H2,1-2H3,(H,37,41). The van der Waals surface area contributed by atoms with Gasteiger partial charge in [0, 0.05) is 28.5 Å². The molecule has 0 radical (unpaired) electrons. The molecule has 44 heavy (non-hydrogen) atoms. The monoisotopic (exact) mass is 739 g/mol. The van der Waals surface area contributed by atoms with Crippen LogP contribution >= 0.6 is 31.9 Å². The zero-order valence-corrected chi connectivity index (χ0v) is 28.6. The van der Waals surface area contributed by atoms with E-state index in [4.69, 9.17) is 0 Å². The molecule has 0 aliphatic heterocycles. The van der Waals surface area contributed by atoms with Crippen molar-refractivity contribution in [2.45, 2.75) is 37.8 Å². The first-order valence-electron chi connectivity index (χ1n) is 14.2. The number of anilines is 1. The maximum Gasteiger partial charge on any atom is 0.264 e. The highest BCUT2D eigenvalue weighted by Crippen LogP contribution is 2.26. The first-order chi connectivity index (χ1) is 21.0. The van der Waals surface area contributed by atoms with E-state index in [1.54, 1.807) is 42.5 Å². The van der Waals surface area contributed by atoms with Crippen LogP contribution in [0.25, 0.3) is 0 Å². The molecule has 0 spiro atoms. The molecule has 0 aromatic heterocycles. The smallest absolute Gasteiger partial charge is 0.264 e. The molecule has 4 aromatic carbocycles. The molecule has 1 N–H and O–H groups in total. The van der Waals surface area contributed by atoms with Gasteiger partial charge in [-0.2, -0.15) is 0 Å². The lowest BCUT2D eigenvalue weighted by Crippen LogP contribution is -2.53. The second kappa shape index (κ2) is 15.5. The van der Waals surface area contributed by atoms with E-state index in [1.165, 1.54) is 17.0 Å². The molecule has 0 saturated carbocycles. The lowest BCUT2D eigenvalue weighted by atomic mass is 10.0. The van der Waals surface area contributed by atoms with Crippen LogP contribution in [-0.2, 0) is 32.6 Å². The van der Waals surface area contributed by atoms with Crippen LogP contribution in [0.15, 0.2) is 123 Å². The molecule has 7 nitrogen and oxygen atoms in total. The van der Waals surface area contributed by atoms with Crippen molar-refractivity contribution in [2.24, 2.45) is 5.92 Å². The molecule has 0 saturated heterocycles. The van der Waals surface area contributed by atoms with E-state index in [1.807, 2.05) is 68.4 Å². The Hall–Kier alpha value is -3.47. The van der Waals surface area contributed by atoms with Crippen molar-refractivity contribution in [1.82, 2.24) is 10.2 Å². The molecule has 1 atom stereocenters. The lowest BCUT2D eigenvalue weighted by molar-refractivity contribution is -0.140. The number of hydrogen-bond acceptors (Lipinski definition) is 4. The van der Waals surface area contributed by atoms with Gasteiger partial charge >= 0.3 is 0 Å². The predicted octanol–water partition coefficient (Wildman–Crippen LogP) is 6.82. The van der Waals surface area contributed by atoms with Crippen LogP contribution in [0, 0.1) is 5.92 Å². The van der Waals surface area contributed by atoms with E-state index in [2.05, 4.69) is 37.2 Å². The Morgan fingerprint density at radius 2 is 1.30 bits per heavy atom. The summed E-state index contributed by atoms with van der Waals surface area (Å²) in [4.78, 5) is 29.8. The topological polar surface area (TPSA) is 86.8 Å². The summed E-state index contributed by atoms with van der Waals surface area (Å²) in [6.07, 6.45) is 0.261. The Bertz CT molecular complexity index is 1630. The largest absolute Gasteiger partial charge is 0.354 e. The summed E-state index contributed by atoms with van der Waals surface area (Å²) in [5.41, 5.74) is 2.02. The van der Waals surface area contributed by atoms with Gasteiger partial charge in [-0.3, -0.25) is 13.9 Å². The fourth-order valence-corrected chi connectivity index (χ4v) is 6.58. The molecule has 0 aliphatic carbocycles. The molecule has 10 heteroatoms. The van der Waals surface area contributed by atoms with Gasteiger partial charge in [0.05, 0.1) is 10.6 Å². The second-order valence-corrected chi connectivity index (χ2v) is 14.5. The average Bonchev–Trinajstić information content (AvgIpc) is 3.02. The maximum absolute atomic E-state index is 14.4. The number of rotatable bonds is 13. The van der Waals surface area contributed by atoms with Gasteiger partial charge in [-0.05, 0) is 65.6 Å². The van der Waals surface area contributed by atoms with Gasteiger partial charge in [0.1, 0.15) is 12.6 Å². The minimum absolute atomic E-state index is 0.0608. The van der Waals surface area contributed by atoms with Gasteiger partial charge in [-0.15, -0.1) is 0 Å². The number of benzene rings is 4. The quantitative estimate of drug-likeness (QED) is 0.163. The van der Waals surface area contributed by atoms with Crippen LogP contribution in [-0.4, -0.2) is 44.3 Å². The summed E-state index contributed by atoms with van der Waals surface area (Å²) in [6, 6.07) is 30.9. The van der Waals surface area contributed by atoms with Gasteiger partial charge in [0.15, 0.2) is 0 Å². The van der Waals surface area contributed by atoms with Crippen LogP contribution in [0.3, 0.4) is 0 Å². The molecule has 0 bridgehead atoms. The molecule has 4 aromatic rings. The van der Waals surface area contributed by atoms with Crippen molar-refractivity contribution in [3.05, 3.63) is 129 Å². The number of nitrogens with zero attached hydrogens (tertiary/aromatic N) is 2. The zero-order chi connectivity index (χ0) is 31.7. The van der Waals surface area contributed by atoms with Crippen LogP contribution in [0.5, 0.6) is 0 Å². The Morgan fingerprint density at radius 1 is 0.750 bits per heavy atom. The number of amides is 2. The van der Waals surface area contributed by atoms with E-state index >= 15 is 0 Å². The van der Waals surface area contributed by atoms with E-state index in [9.17, 15) is 18.0 Å². The fraction of sp³-hybridized carbons (Fsp3) is 0.235. The number of carbonyl (C=O) groups excluding carboxylic acids is 2. The highest BCUT2D eigenvalue weighted by Gasteiger charge is 2.34. The highest BCUT2D eigenvalue weighted by atomic mass is 79.9. The number of carbonyl (C=O) groups is 2. The molecule has 230 valence electrons. The summed E-state index contributed by atoms with van der Waals surface area (Å²) < 4.78 is 30.8. The Balaban J connectivity index is 1.78. The summed E-state index contributed by atoms with van der Waals surface area (Å²) >= 11 is 6.86. The molecular formula is C34H35Br2N3O4S. The van der Waals surface area contributed by atoms with Gasteiger partial charge < -0.3 is 10.2 Å². The third-order valence-corrected chi connectivity index (χ3v) is 9.79. The average molecular weight is 742 g/mol. The fourth-order valence-electron chi connectivity index (χ4n) is 4.62. The van der Waals surface area contributed by atoms with Crippen molar-refractivity contribution >= 4 is 59.4 Å². The van der Waals surface area contributed by atoms with E-state index in [-0.39, 0.29) is 29.7 Å². The maximum atomic E-state index is 14.4. The van der Waals surface area contributed by atoms with Crippen molar-refractivity contribution in [3.63, 3.8) is 0 Å². The first kappa shape index (κ1) is 33.4. The van der Waals surface area contributed by atoms with Crippen molar-refractivity contribution in [3.8, 4) is 0 Å². The van der Waals surface area contributed by atoms with E-state index in [0.717, 1.165) is 24.4 Å².